The molecule has 0 saturated carbocycles. The fourth-order valence-corrected chi connectivity index (χ4v) is 7.53. The van der Waals surface area contributed by atoms with Gasteiger partial charge in [0.25, 0.3) is 0 Å². The number of aromatic amines is 1. The Morgan fingerprint density at radius 2 is 1.85 bits per heavy atom. The number of fused-ring (bicyclic) bond motifs is 2. The number of phosphoric ester groups is 1. The van der Waals surface area contributed by atoms with Crippen LogP contribution in [0.4, 0.5) is 11.6 Å². The van der Waals surface area contributed by atoms with Gasteiger partial charge in [-0.25, -0.2) is 38.6 Å². The van der Waals surface area contributed by atoms with Gasteiger partial charge >= 0.3 is 23.5 Å². The van der Waals surface area contributed by atoms with E-state index in [0.29, 0.717) is 34.5 Å². The van der Waals surface area contributed by atoms with Gasteiger partial charge in [0.05, 0.1) is 18.1 Å². The third kappa shape index (κ3) is 8.23. The van der Waals surface area contributed by atoms with Crippen LogP contribution < -0.4 is 16.4 Å². The van der Waals surface area contributed by atoms with Gasteiger partial charge in [-0.2, -0.15) is 8.62 Å². The lowest BCUT2D eigenvalue weighted by molar-refractivity contribution is -0.116. The molecule has 3 unspecified atom stereocenters. The van der Waals surface area contributed by atoms with Gasteiger partial charge in [0.15, 0.2) is 22.9 Å². The van der Waals surface area contributed by atoms with E-state index in [-0.39, 0.29) is 24.4 Å². The summed E-state index contributed by atoms with van der Waals surface area (Å²) in [6.45, 7) is 1.09. The molecule has 1 aliphatic heterocycles. The summed E-state index contributed by atoms with van der Waals surface area (Å²) in [4.78, 5) is 72.4. The van der Waals surface area contributed by atoms with Crippen LogP contribution in [0.25, 0.3) is 28.3 Å². The number of aromatic nitrogens is 7. The summed E-state index contributed by atoms with van der Waals surface area (Å²) in [5, 5.41) is 16.7. The third-order valence-electron chi connectivity index (χ3n) is 6.44. The zero-order valence-corrected chi connectivity index (χ0v) is 27.1. The van der Waals surface area contributed by atoms with Crippen LogP contribution in [0.15, 0.2) is 42.8 Å². The number of imidazole rings is 1. The molecule has 5 rings (SSSR count). The predicted octanol–water partition coefficient (Wildman–Crippen LogP) is 1.13. The van der Waals surface area contributed by atoms with Crippen LogP contribution in [-0.4, -0.2) is 84.8 Å². The quantitative estimate of drug-likeness (QED) is 0.0498. The van der Waals surface area contributed by atoms with Crippen LogP contribution in [0.5, 0.6) is 0 Å². The van der Waals surface area contributed by atoms with Crippen LogP contribution in [0.3, 0.4) is 0 Å². The molecule has 0 aromatic carbocycles. The monoisotopic (exact) mass is 732 g/mol. The van der Waals surface area contributed by atoms with Crippen LogP contribution in [-0.2, 0) is 42.1 Å². The van der Waals surface area contributed by atoms with Gasteiger partial charge in [-0.3, -0.25) is 13.9 Å². The zero-order chi connectivity index (χ0) is 34.9. The average Bonchev–Trinajstić information content (AvgIpc) is 3.68. The molecule has 1 aliphatic rings. The summed E-state index contributed by atoms with van der Waals surface area (Å²) in [7, 11) is -16.8. The number of rotatable bonds is 14. The molecule has 0 spiro atoms. The summed E-state index contributed by atoms with van der Waals surface area (Å²) in [5.74, 6) is -0.724. The van der Waals surface area contributed by atoms with Gasteiger partial charge in [-0.05, 0) is 13.0 Å². The first-order valence-electron chi connectivity index (χ1n) is 13.3. The summed E-state index contributed by atoms with van der Waals surface area (Å²) in [5.41, 5.74) is 6.39. The van der Waals surface area contributed by atoms with E-state index < -0.39 is 53.2 Å². The standard InChI is InChI=1S/C22H27N10O13P3/c1-22(6-13(33)14(43-22)8-42-47(38,39)45-48(40,41)44-46(35,36)37)32-7-12(16-18(23)27-10-31-21(16)32)2-3-15(34)24-4-5-25-19-17-20(28-9-26-17)30-11-29-19/h2-3,7,9-11,33H,4-6,8H2,1H3,(H,24,34)(H,38,39)(H,40,41)(H2,23,27,31)(H2,35,36,37)(H2,25,26,28,29,30)/b3-2+. The second kappa shape index (κ2) is 13.3. The van der Waals surface area contributed by atoms with Crippen LogP contribution in [0.2, 0.25) is 0 Å². The molecule has 5 heterocycles. The normalized spacial score (nSPS) is 19.4. The lowest BCUT2D eigenvalue weighted by Crippen LogP contribution is -2.29. The van der Waals surface area contributed by atoms with E-state index in [2.05, 4.69) is 53.7 Å². The number of hydrogen-bond acceptors (Lipinski definition) is 16. The van der Waals surface area contributed by atoms with E-state index in [9.17, 15) is 33.4 Å². The molecule has 0 aliphatic carbocycles. The number of anilines is 2. The maximum Gasteiger partial charge on any atom is 0.490 e. The van der Waals surface area contributed by atoms with Crippen molar-refractivity contribution in [3.63, 3.8) is 0 Å². The smallest absolute Gasteiger partial charge is 0.490 e. The molecule has 4 aromatic heterocycles. The minimum absolute atomic E-state index is 0.0599. The number of amides is 1. The summed E-state index contributed by atoms with van der Waals surface area (Å²) in [6, 6.07) is 0. The number of nitrogens with two attached hydrogens (primary N) is 1. The number of H-pyrrole nitrogens is 1. The number of carbonyl (C=O) groups is 1. The van der Waals surface area contributed by atoms with E-state index in [1.165, 1.54) is 48.8 Å². The lowest BCUT2D eigenvalue weighted by Gasteiger charge is -2.27. The molecule has 0 bridgehead atoms. The Hall–Kier alpha value is -4.27. The van der Waals surface area contributed by atoms with Crippen LogP contribution in [0, 0.1) is 0 Å². The van der Waals surface area contributed by atoms with Gasteiger partial charge in [0, 0.05) is 30.9 Å². The first kappa shape index (κ1) is 35.0. The molecule has 10 N–H and O–H groups in total. The fourth-order valence-electron chi connectivity index (χ4n) is 4.55. The number of nitrogen functional groups attached to an aromatic ring is 1. The Balaban J connectivity index is 1.24. The largest absolute Gasteiger partial charge is 0.508 e. The molecule has 0 fully saturated rings. The van der Waals surface area contributed by atoms with Crippen molar-refractivity contribution in [3.05, 3.63) is 48.3 Å². The highest BCUT2D eigenvalue weighted by atomic mass is 31.3. The summed E-state index contributed by atoms with van der Waals surface area (Å²) in [6.07, 6.45) is 8.01. The molecular formula is C22H27N10O13P3. The zero-order valence-electron chi connectivity index (χ0n) is 24.4. The van der Waals surface area contributed by atoms with Crippen molar-refractivity contribution in [1.82, 2.24) is 39.8 Å². The van der Waals surface area contributed by atoms with Crippen LogP contribution >= 0.6 is 23.5 Å². The van der Waals surface area contributed by atoms with Crippen molar-refractivity contribution in [1.29, 1.82) is 0 Å². The van der Waals surface area contributed by atoms with E-state index in [4.69, 9.17) is 20.3 Å². The summed E-state index contributed by atoms with van der Waals surface area (Å²) < 4.78 is 53.8. The Bertz CT molecular complexity index is 2080. The van der Waals surface area contributed by atoms with Gasteiger partial charge in [-0.15, -0.1) is 0 Å². The Morgan fingerprint density at radius 3 is 2.60 bits per heavy atom. The Labute approximate surface area is 268 Å². The Kier molecular flexibility index (Phi) is 9.73. The molecular weight excluding hydrogens is 705 g/mol. The third-order valence-corrected chi connectivity index (χ3v) is 10.2. The van der Waals surface area contributed by atoms with Crippen LogP contribution in [0.1, 0.15) is 18.9 Å². The number of hydrogen-bond donors (Lipinski definition) is 9. The second-order valence-electron chi connectivity index (χ2n) is 9.97. The first-order valence-corrected chi connectivity index (χ1v) is 17.8. The summed E-state index contributed by atoms with van der Waals surface area (Å²) >= 11 is 0. The van der Waals surface area contributed by atoms with Crippen molar-refractivity contribution < 1.29 is 61.1 Å². The molecule has 3 atom stereocenters. The van der Waals surface area contributed by atoms with Crippen molar-refractivity contribution >= 4 is 69.3 Å². The number of aliphatic hydroxyl groups excluding tert-OH is 1. The number of ether oxygens (including phenoxy) is 1. The second-order valence-corrected chi connectivity index (χ2v) is 14.4. The lowest BCUT2D eigenvalue weighted by atomic mass is 10.1. The highest BCUT2D eigenvalue weighted by molar-refractivity contribution is 7.66. The van der Waals surface area contributed by atoms with Crippen molar-refractivity contribution in [2.45, 2.75) is 19.1 Å². The number of nitrogens with zero attached hydrogens (tertiary/aromatic N) is 6. The van der Waals surface area contributed by atoms with Gasteiger partial charge in [-0.1, -0.05) is 0 Å². The maximum absolute atomic E-state index is 12.6. The number of aliphatic hydroxyl groups is 1. The highest BCUT2D eigenvalue weighted by Crippen LogP contribution is 2.66. The predicted molar refractivity (Wildman–Crippen MR) is 163 cm³/mol. The molecule has 0 radical (unpaired) electrons. The SMILES string of the molecule is CC1(n2cc(/C=C/C(=O)NCCNc3ncnc4nc[nH]c34)c3c(N)ncnc32)CC(O)=C(COP(=O)(O)OP(=O)(O)OP(=O)(O)O)O1. The Morgan fingerprint density at radius 1 is 1.10 bits per heavy atom. The van der Waals surface area contributed by atoms with Crippen molar-refractivity contribution in [2.24, 2.45) is 0 Å². The maximum atomic E-state index is 12.6. The van der Waals surface area contributed by atoms with Gasteiger partial charge in [0.1, 0.15) is 42.0 Å². The fraction of sp³-hybridized carbons (Fsp3) is 0.273. The molecule has 23 nitrogen and oxygen atoms in total. The average molecular weight is 732 g/mol. The minimum atomic E-state index is -5.75. The first-order chi connectivity index (χ1) is 22.5. The minimum Gasteiger partial charge on any atom is -0.508 e. The van der Waals surface area contributed by atoms with Gasteiger partial charge in [0.2, 0.25) is 5.91 Å². The van der Waals surface area contributed by atoms with E-state index in [0.717, 1.165) is 0 Å². The van der Waals surface area contributed by atoms with E-state index in [1.54, 1.807) is 0 Å². The molecule has 4 aromatic rings. The highest BCUT2D eigenvalue weighted by Gasteiger charge is 2.44. The van der Waals surface area contributed by atoms with Gasteiger partial charge < -0.3 is 50.8 Å². The van der Waals surface area contributed by atoms with E-state index in [1.807, 2.05) is 0 Å². The van der Waals surface area contributed by atoms with E-state index >= 15 is 0 Å². The van der Waals surface area contributed by atoms with Crippen molar-refractivity contribution in [2.75, 3.05) is 30.7 Å². The molecule has 1 amide bonds. The number of nitrogens with one attached hydrogen (secondary N) is 3. The topological polar surface area (TPSA) is 342 Å². The molecule has 258 valence electrons. The number of carbonyl (C=O) groups excluding carboxylic acids is 1. The molecule has 26 heteroatoms. The molecule has 48 heavy (non-hydrogen) atoms. The van der Waals surface area contributed by atoms with Crippen molar-refractivity contribution in [3.8, 4) is 0 Å². The molecule has 0 saturated heterocycles. The number of phosphoric acid groups is 3.